The molecule has 5 N–H and O–H groups in total. The van der Waals surface area contributed by atoms with Crippen LogP contribution in [0.2, 0.25) is 0 Å². The van der Waals surface area contributed by atoms with Crippen LogP contribution in [-0.4, -0.2) is 45.2 Å². The van der Waals surface area contributed by atoms with Gasteiger partial charge in [-0.15, -0.1) is 0 Å². The van der Waals surface area contributed by atoms with E-state index in [9.17, 15) is 9.59 Å². The maximum Gasteiger partial charge on any atom is 0.242 e. The van der Waals surface area contributed by atoms with Crippen molar-refractivity contribution in [3.8, 4) is 11.5 Å². The number of benzene rings is 1. The number of hydrogen-bond donors (Lipinski definition) is 3. The van der Waals surface area contributed by atoms with Gasteiger partial charge in [-0.2, -0.15) is 0 Å². The zero-order valence-electron chi connectivity index (χ0n) is 18.4. The van der Waals surface area contributed by atoms with Gasteiger partial charge in [0, 0.05) is 13.0 Å². The molecule has 0 aliphatic heterocycles. The smallest absolute Gasteiger partial charge is 0.242 e. The maximum atomic E-state index is 12.7. The van der Waals surface area contributed by atoms with Crippen molar-refractivity contribution in [2.75, 3.05) is 27.3 Å². The third kappa shape index (κ3) is 8.73. The molecule has 0 radical (unpaired) electrons. The molecular weight excluding hydrogens is 370 g/mol. The molecule has 1 aromatic carbocycles. The SMILES string of the molecule is CC[C@@H](C)[C@H](NC(=O)CCCCC[NH3+])C(=O)NCCc1ccc(OC)c(OC)c1. The minimum Gasteiger partial charge on any atom is -0.493 e. The highest BCUT2D eigenvalue weighted by Gasteiger charge is 2.25. The van der Waals surface area contributed by atoms with Crippen molar-refractivity contribution in [2.24, 2.45) is 5.92 Å². The zero-order chi connectivity index (χ0) is 21.6. The van der Waals surface area contributed by atoms with Crippen molar-refractivity contribution in [3.05, 3.63) is 23.8 Å². The van der Waals surface area contributed by atoms with E-state index in [1.807, 2.05) is 32.0 Å². The molecule has 2 amide bonds. The minimum atomic E-state index is -0.509. The molecule has 0 heterocycles. The lowest BCUT2D eigenvalue weighted by molar-refractivity contribution is -0.368. The molecule has 0 saturated heterocycles. The number of methoxy groups -OCH3 is 2. The molecule has 7 heteroatoms. The molecule has 7 nitrogen and oxygen atoms in total. The number of carbonyl (C=O) groups excluding carboxylic acids is 2. The number of carbonyl (C=O) groups is 2. The Morgan fingerprint density at radius 2 is 1.83 bits per heavy atom. The molecule has 0 aromatic heterocycles. The zero-order valence-corrected chi connectivity index (χ0v) is 18.4. The van der Waals surface area contributed by atoms with Gasteiger partial charge >= 0.3 is 0 Å². The monoisotopic (exact) mass is 408 g/mol. The topological polar surface area (TPSA) is 104 Å². The molecule has 29 heavy (non-hydrogen) atoms. The van der Waals surface area contributed by atoms with Crippen LogP contribution in [0.1, 0.15) is 51.5 Å². The first-order valence-corrected chi connectivity index (χ1v) is 10.5. The van der Waals surface area contributed by atoms with Gasteiger partial charge in [0.15, 0.2) is 11.5 Å². The van der Waals surface area contributed by atoms with Crippen molar-refractivity contribution in [3.63, 3.8) is 0 Å². The fourth-order valence-corrected chi connectivity index (χ4v) is 3.06. The molecule has 0 fully saturated rings. The largest absolute Gasteiger partial charge is 0.493 e. The Morgan fingerprint density at radius 1 is 1.10 bits per heavy atom. The van der Waals surface area contributed by atoms with Crippen LogP contribution in [0, 0.1) is 5.92 Å². The molecular formula is C22H38N3O4+. The normalized spacial score (nSPS) is 12.7. The van der Waals surface area contributed by atoms with E-state index < -0.39 is 6.04 Å². The van der Waals surface area contributed by atoms with Crippen LogP contribution in [0.15, 0.2) is 18.2 Å². The van der Waals surface area contributed by atoms with Crippen LogP contribution < -0.4 is 25.8 Å². The van der Waals surface area contributed by atoms with E-state index in [0.717, 1.165) is 37.8 Å². The third-order valence-electron chi connectivity index (χ3n) is 5.13. The quantitative estimate of drug-likeness (QED) is 0.408. The first-order valence-electron chi connectivity index (χ1n) is 10.5. The molecule has 0 unspecified atom stereocenters. The predicted octanol–water partition coefficient (Wildman–Crippen LogP) is 1.70. The van der Waals surface area contributed by atoms with Crippen LogP contribution in [-0.2, 0) is 16.0 Å². The van der Waals surface area contributed by atoms with E-state index in [4.69, 9.17) is 9.47 Å². The molecule has 0 bridgehead atoms. The Labute approximate surface area is 174 Å². The highest BCUT2D eigenvalue weighted by atomic mass is 16.5. The number of nitrogens with one attached hydrogen (secondary N) is 2. The summed E-state index contributed by atoms with van der Waals surface area (Å²) in [4.78, 5) is 24.9. The van der Waals surface area contributed by atoms with Gasteiger partial charge in [-0.3, -0.25) is 9.59 Å². The number of ether oxygens (including phenoxy) is 2. The molecule has 0 spiro atoms. The molecule has 1 rings (SSSR count). The van der Waals surface area contributed by atoms with Crippen molar-refractivity contribution in [1.82, 2.24) is 10.6 Å². The maximum absolute atomic E-state index is 12.7. The second-order valence-corrected chi connectivity index (χ2v) is 7.33. The Hall–Kier alpha value is -2.28. The molecule has 1 aromatic rings. The summed E-state index contributed by atoms with van der Waals surface area (Å²) in [6.07, 6.45) is 4.77. The molecule has 2 atom stereocenters. The van der Waals surface area contributed by atoms with Crippen LogP contribution in [0.5, 0.6) is 11.5 Å². The molecule has 0 saturated carbocycles. The summed E-state index contributed by atoms with van der Waals surface area (Å²) in [5.74, 6) is 1.22. The van der Waals surface area contributed by atoms with Crippen molar-refractivity contribution in [2.45, 2.75) is 58.4 Å². The van der Waals surface area contributed by atoms with Gasteiger partial charge in [0.2, 0.25) is 11.8 Å². The first-order chi connectivity index (χ1) is 14.0. The summed E-state index contributed by atoms with van der Waals surface area (Å²) >= 11 is 0. The van der Waals surface area contributed by atoms with Gasteiger partial charge in [0.05, 0.1) is 20.8 Å². The predicted molar refractivity (Wildman–Crippen MR) is 114 cm³/mol. The van der Waals surface area contributed by atoms with Crippen molar-refractivity contribution >= 4 is 11.8 Å². The lowest BCUT2D eigenvalue weighted by Gasteiger charge is -2.23. The van der Waals surface area contributed by atoms with E-state index in [1.54, 1.807) is 14.2 Å². The Kier molecular flexibility index (Phi) is 11.8. The second kappa shape index (κ2) is 13.8. The summed E-state index contributed by atoms with van der Waals surface area (Å²) in [5, 5.41) is 5.88. The summed E-state index contributed by atoms with van der Waals surface area (Å²) in [6.45, 7) is 5.39. The van der Waals surface area contributed by atoms with Gasteiger partial charge in [0.25, 0.3) is 0 Å². The van der Waals surface area contributed by atoms with E-state index in [1.165, 1.54) is 0 Å². The lowest BCUT2D eigenvalue weighted by Crippen LogP contribution is -2.50. The average Bonchev–Trinajstić information content (AvgIpc) is 2.74. The number of quaternary nitrogens is 1. The molecule has 164 valence electrons. The van der Waals surface area contributed by atoms with Gasteiger partial charge in [-0.05, 0) is 49.3 Å². The van der Waals surface area contributed by atoms with Crippen LogP contribution in [0.4, 0.5) is 0 Å². The molecule has 0 aliphatic rings. The van der Waals surface area contributed by atoms with E-state index in [-0.39, 0.29) is 17.7 Å². The number of hydrogen-bond acceptors (Lipinski definition) is 4. The van der Waals surface area contributed by atoms with Crippen LogP contribution >= 0.6 is 0 Å². The number of amides is 2. The molecule has 0 aliphatic carbocycles. The number of rotatable bonds is 14. The Bertz CT molecular complexity index is 636. The van der Waals surface area contributed by atoms with Gasteiger partial charge < -0.3 is 25.8 Å². The summed E-state index contributed by atoms with van der Waals surface area (Å²) < 4.78 is 10.6. The van der Waals surface area contributed by atoms with Crippen LogP contribution in [0.25, 0.3) is 0 Å². The highest BCUT2D eigenvalue weighted by Crippen LogP contribution is 2.27. The second-order valence-electron chi connectivity index (χ2n) is 7.33. The average molecular weight is 409 g/mol. The summed E-state index contributed by atoms with van der Waals surface area (Å²) in [6, 6.07) is 5.20. The Balaban J connectivity index is 2.57. The van der Waals surface area contributed by atoms with Crippen LogP contribution in [0.3, 0.4) is 0 Å². The van der Waals surface area contributed by atoms with E-state index in [2.05, 4.69) is 16.4 Å². The standard InChI is InChI=1S/C22H37N3O4/c1-5-16(2)21(25-20(26)9-7-6-8-13-23)22(27)24-14-12-17-10-11-18(28-3)19(15-17)29-4/h10-11,15-16,21H,5-9,12-14,23H2,1-4H3,(H,24,27)(H,25,26)/p+1/t16-,21+/m1/s1. The lowest BCUT2D eigenvalue weighted by atomic mass is 9.98. The first kappa shape index (κ1) is 24.8. The van der Waals surface area contributed by atoms with Gasteiger partial charge in [0.1, 0.15) is 6.04 Å². The van der Waals surface area contributed by atoms with Gasteiger partial charge in [-0.25, -0.2) is 0 Å². The minimum absolute atomic E-state index is 0.0607. The highest BCUT2D eigenvalue weighted by molar-refractivity contribution is 5.87. The van der Waals surface area contributed by atoms with E-state index >= 15 is 0 Å². The summed E-state index contributed by atoms with van der Waals surface area (Å²) in [7, 11) is 3.20. The van der Waals surface area contributed by atoms with Crippen molar-refractivity contribution < 1.29 is 24.8 Å². The fraction of sp³-hybridized carbons (Fsp3) is 0.636. The van der Waals surface area contributed by atoms with Gasteiger partial charge in [-0.1, -0.05) is 26.3 Å². The van der Waals surface area contributed by atoms with E-state index in [0.29, 0.717) is 30.9 Å². The Morgan fingerprint density at radius 3 is 2.45 bits per heavy atom. The third-order valence-corrected chi connectivity index (χ3v) is 5.13. The van der Waals surface area contributed by atoms with Crippen molar-refractivity contribution in [1.29, 1.82) is 0 Å². The summed E-state index contributed by atoms with van der Waals surface area (Å²) in [5.41, 5.74) is 4.85. The fourth-order valence-electron chi connectivity index (χ4n) is 3.06. The number of unbranched alkanes of at least 4 members (excludes halogenated alkanes) is 2.